The lowest BCUT2D eigenvalue weighted by Gasteiger charge is -2.08. The zero-order valence-electron chi connectivity index (χ0n) is 16.1. The van der Waals surface area contributed by atoms with Crippen molar-refractivity contribution in [2.75, 3.05) is 11.1 Å². The van der Waals surface area contributed by atoms with Gasteiger partial charge in [0.1, 0.15) is 0 Å². The van der Waals surface area contributed by atoms with Crippen LogP contribution in [0.4, 0.5) is 5.69 Å². The maximum atomic E-state index is 12.3. The summed E-state index contributed by atoms with van der Waals surface area (Å²) in [6, 6.07) is 9.94. The molecule has 3 rings (SSSR count). The Morgan fingerprint density at radius 3 is 2.96 bits per heavy atom. The minimum absolute atomic E-state index is 0.0638. The van der Waals surface area contributed by atoms with E-state index in [0.29, 0.717) is 6.54 Å². The molecule has 2 heterocycles. The first-order valence-electron chi connectivity index (χ1n) is 9.22. The van der Waals surface area contributed by atoms with Gasteiger partial charge in [-0.2, -0.15) is 0 Å². The summed E-state index contributed by atoms with van der Waals surface area (Å²) >= 11 is 3.13. The first-order valence-corrected chi connectivity index (χ1v) is 11.1. The number of carbonyl (C=O) groups excluding carboxylic acids is 1. The van der Waals surface area contributed by atoms with E-state index in [-0.39, 0.29) is 11.7 Å². The van der Waals surface area contributed by atoms with Crippen molar-refractivity contribution in [3.63, 3.8) is 0 Å². The molecule has 3 aromatic rings. The Morgan fingerprint density at radius 2 is 2.21 bits per heavy atom. The first kappa shape index (κ1) is 20.4. The second-order valence-electron chi connectivity index (χ2n) is 6.46. The Kier molecular flexibility index (Phi) is 7.06. The average Bonchev–Trinajstić information content (AvgIpc) is 3.28. The van der Waals surface area contributed by atoms with E-state index in [2.05, 4.69) is 40.5 Å². The number of thioether (sulfide) groups is 1. The molecule has 5 nitrogen and oxygen atoms in total. The highest BCUT2D eigenvalue weighted by molar-refractivity contribution is 7.99. The lowest BCUT2D eigenvalue weighted by atomic mass is 10.2. The number of aromatic nitrogens is 3. The number of nitrogens with zero attached hydrogens (tertiary/aromatic N) is 3. The zero-order chi connectivity index (χ0) is 19.9. The molecule has 0 fully saturated rings. The molecule has 1 N–H and O–H groups in total. The largest absolute Gasteiger partial charge is 0.325 e. The molecule has 2 aromatic heterocycles. The van der Waals surface area contributed by atoms with Gasteiger partial charge in [0, 0.05) is 28.1 Å². The molecule has 0 bridgehead atoms. The molecule has 28 heavy (non-hydrogen) atoms. The van der Waals surface area contributed by atoms with Gasteiger partial charge in [0.15, 0.2) is 11.0 Å². The normalized spacial score (nSPS) is 10.8. The average molecular weight is 413 g/mol. The van der Waals surface area contributed by atoms with Crippen LogP contribution in [0.2, 0.25) is 0 Å². The molecule has 1 amide bonds. The van der Waals surface area contributed by atoms with E-state index >= 15 is 0 Å². The summed E-state index contributed by atoms with van der Waals surface area (Å²) < 4.78 is 2.01. The van der Waals surface area contributed by atoms with Crippen molar-refractivity contribution in [3.05, 3.63) is 58.8 Å². The number of anilines is 1. The summed E-state index contributed by atoms with van der Waals surface area (Å²) in [6.07, 6.45) is 4.01. The van der Waals surface area contributed by atoms with E-state index in [4.69, 9.17) is 0 Å². The molecule has 0 atom stereocenters. The van der Waals surface area contributed by atoms with E-state index in [1.807, 2.05) is 41.8 Å². The number of nitrogens with one attached hydrogen (secondary N) is 1. The third kappa shape index (κ3) is 5.11. The Bertz CT molecular complexity index is 961. The first-order chi connectivity index (χ1) is 13.6. The van der Waals surface area contributed by atoms with Gasteiger partial charge in [-0.1, -0.05) is 43.3 Å². The smallest absolute Gasteiger partial charge is 0.234 e. The monoisotopic (exact) mass is 412 g/mol. The molecule has 146 valence electrons. The van der Waals surface area contributed by atoms with Crippen LogP contribution in [-0.2, 0) is 17.8 Å². The van der Waals surface area contributed by atoms with Gasteiger partial charge in [-0.05, 0) is 37.1 Å². The van der Waals surface area contributed by atoms with Gasteiger partial charge in [0.25, 0.3) is 0 Å². The number of aryl methyl sites for hydroxylation is 2. The van der Waals surface area contributed by atoms with Gasteiger partial charge in [-0.15, -0.1) is 28.1 Å². The van der Waals surface area contributed by atoms with Crippen LogP contribution in [0.15, 0.2) is 53.5 Å². The molecule has 0 aliphatic carbocycles. The van der Waals surface area contributed by atoms with E-state index in [9.17, 15) is 4.79 Å². The molecule has 0 saturated heterocycles. The van der Waals surface area contributed by atoms with Crippen LogP contribution in [-0.4, -0.2) is 26.4 Å². The minimum atomic E-state index is -0.0638. The Hall–Kier alpha value is -2.38. The quantitative estimate of drug-likeness (QED) is 0.388. The van der Waals surface area contributed by atoms with Gasteiger partial charge in [-0.3, -0.25) is 9.36 Å². The van der Waals surface area contributed by atoms with Crippen LogP contribution >= 0.6 is 23.1 Å². The fraction of sp³-hybridized carbons (Fsp3) is 0.286. The van der Waals surface area contributed by atoms with Crippen molar-refractivity contribution in [1.29, 1.82) is 0 Å². The number of benzene rings is 1. The molecular weight excluding hydrogens is 388 g/mol. The maximum Gasteiger partial charge on any atom is 0.234 e. The van der Waals surface area contributed by atoms with Crippen LogP contribution in [0.1, 0.15) is 23.8 Å². The predicted octanol–water partition coefficient (Wildman–Crippen LogP) is 5.18. The minimum Gasteiger partial charge on any atom is -0.325 e. The highest BCUT2D eigenvalue weighted by Crippen LogP contribution is 2.28. The lowest BCUT2D eigenvalue weighted by molar-refractivity contribution is -0.113. The number of hydrogen-bond acceptors (Lipinski definition) is 5. The molecule has 0 aliphatic rings. The summed E-state index contributed by atoms with van der Waals surface area (Å²) in [5.41, 5.74) is 2.98. The summed E-state index contributed by atoms with van der Waals surface area (Å²) in [7, 11) is 0. The lowest BCUT2D eigenvalue weighted by Crippen LogP contribution is -2.14. The fourth-order valence-corrected chi connectivity index (χ4v) is 4.54. The SMILES string of the molecule is C=CCn1c(SCC(=O)Nc2cccc(C)c2)nnc1-c1csc(CCC)c1. The summed E-state index contributed by atoms with van der Waals surface area (Å²) in [5, 5.41) is 14.4. The standard InChI is InChI=1S/C21H24N4OS2/c1-4-7-18-12-16(13-27-18)20-23-24-21(25(20)10-5-2)28-14-19(26)22-17-9-6-8-15(3)11-17/h5-6,8-9,11-13H,2,4,7,10,14H2,1,3H3,(H,22,26). The number of rotatable bonds is 9. The second-order valence-corrected chi connectivity index (χ2v) is 8.40. The Morgan fingerprint density at radius 1 is 1.36 bits per heavy atom. The van der Waals surface area contributed by atoms with E-state index < -0.39 is 0 Å². The van der Waals surface area contributed by atoms with Crippen molar-refractivity contribution in [3.8, 4) is 11.4 Å². The van der Waals surface area contributed by atoms with Crippen molar-refractivity contribution >= 4 is 34.7 Å². The van der Waals surface area contributed by atoms with Crippen molar-refractivity contribution in [2.24, 2.45) is 0 Å². The number of carbonyl (C=O) groups is 1. The van der Waals surface area contributed by atoms with E-state index in [1.54, 1.807) is 11.3 Å². The molecular formula is C21H24N4OS2. The molecule has 0 radical (unpaired) electrons. The van der Waals surface area contributed by atoms with E-state index in [1.165, 1.54) is 16.6 Å². The van der Waals surface area contributed by atoms with Crippen molar-refractivity contribution in [2.45, 2.75) is 38.4 Å². The number of allylic oxidation sites excluding steroid dienone is 1. The highest BCUT2D eigenvalue weighted by Gasteiger charge is 2.16. The molecule has 7 heteroatoms. The van der Waals surface area contributed by atoms with Crippen LogP contribution < -0.4 is 5.32 Å². The third-order valence-electron chi connectivity index (χ3n) is 4.07. The van der Waals surface area contributed by atoms with Crippen LogP contribution in [0.3, 0.4) is 0 Å². The number of thiophene rings is 1. The van der Waals surface area contributed by atoms with Crippen molar-refractivity contribution in [1.82, 2.24) is 14.8 Å². The zero-order valence-corrected chi connectivity index (χ0v) is 17.8. The van der Waals surface area contributed by atoms with Gasteiger partial charge >= 0.3 is 0 Å². The third-order valence-corrected chi connectivity index (χ3v) is 6.03. The number of amides is 1. The Balaban J connectivity index is 1.70. The highest BCUT2D eigenvalue weighted by atomic mass is 32.2. The molecule has 0 unspecified atom stereocenters. The Labute approximate surface area is 173 Å². The van der Waals surface area contributed by atoms with Crippen LogP contribution in [0, 0.1) is 6.92 Å². The maximum absolute atomic E-state index is 12.3. The topological polar surface area (TPSA) is 59.8 Å². The fourth-order valence-electron chi connectivity index (χ4n) is 2.83. The predicted molar refractivity (Wildman–Crippen MR) is 118 cm³/mol. The molecule has 0 saturated carbocycles. The summed E-state index contributed by atoms with van der Waals surface area (Å²) in [4.78, 5) is 13.7. The van der Waals surface area contributed by atoms with Gasteiger partial charge in [0.2, 0.25) is 5.91 Å². The van der Waals surface area contributed by atoms with Crippen LogP contribution in [0.5, 0.6) is 0 Å². The molecule has 0 aliphatic heterocycles. The number of hydrogen-bond donors (Lipinski definition) is 1. The molecule has 1 aromatic carbocycles. The van der Waals surface area contributed by atoms with Gasteiger partial charge in [0.05, 0.1) is 5.75 Å². The van der Waals surface area contributed by atoms with E-state index in [0.717, 1.165) is 40.6 Å². The van der Waals surface area contributed by atoms with Crippen LogP contribution in [0.25, 0.3) is 11.4 Å². The van der Waals surface area contributed by atoms with Crippen molar-refractivity contribution < 1.29 is 4.79 Å². The van der Waals surface area contributed by atoms with Gasteiger partial charge in [-0.25, -0.2) is 0 Å². The second kappa shape index (κ2) is 9.71. The van der Waals surface area contributed by atoms with Gasteiger partial charge < -0.3 is 5.32 Å². The molecule has 0 spiro atoms. The summed E-state index contributed by atoms with van der Waals surface area (Å²) in [6.45, 7) is 8.62. The summed E-state index contributed by atoms with van der Waals surface area (Å²) in [5.74, 6) is 1.03.